The number of allylic oxidation sites excluding steroid dienone is 2. The highest BCUT2D eigenvalue weighted by molar-refractivity contribution is 5.41. The van der Waals surface area contributed by atoms with Gasteiger partial charge in [-0.05, 0) is 49.8 Å². The van der Waals surface area contributed by atoms with Crippen LogP contribution in [0.25, 0.3) is 0 Å². The van der Waals surface area contributed by atoms with E-state index in [1.54, 1.807) is 0 Å². The summed E-state index contributed by atoms with van der Waals surface area (Å²) < 4.78 is 5.59. The number of rotatable bonds is 3. The van der Waals surface area contributed by atoms with Crippen LogP contribution in [0, 0.1) is 5.92 Å². The molecule has 2 atom stereocenters. The zero-order valence-corrected chi connectivity index (χ0v) is 9.78. The number of hydrogen-bond acceptors (Lipinski definition) is 1. The van der Waals surface area contributed by atoms with Crippen LogP contribution in [0.3, 0.4) is 0 Å². The Balaban J connectivity index is 1.94. The van der Waals surface area contributed by atoms with E-state index in [9.17, 15) is 0 Å². The molecule has 1 aromatic rings. The third-order valence-corrected chi connectivity index (χ3v) is 4.00. The van der Waals surface area contributed by atoms with Gasteiger partial charge in [0.25, 0.3) is 0 Å². The SMILES string of the molecule is CCOc1cccc(C23C=CC(CC2)C3)c1. The number of hydrogen-bond donors (Lipinski definition) is 0. The summed E-state index contributed by atoms with van der Waals surface area (Å²) in [5, 5.41) is 0. The van der Waals surface area contributed by atoms with E-state index >= 15 is 0 Å². The second-order valence-corrected chi connectivity index (χ2v) is 4.98. The monoisotopic (exact) mass is 214 g/mol. The van der Waals surface area contributed by atoms with Crippen LogP contribution in [0.5, 0.6) is 5.75 Å². The second kappa shape index (κ2) is 3.65. The summed E-state index contributed by atoms with van der Waals surface area (Å²) in [4.78, 5) is 0. The summed E-state index contributed by atoms with van der Waals surface area (Å²) in [5.41, 5.74) is 1.77. The fourth-order valence-corrected chi connectivity index (χ4v) is 3.17. The van der Waals surface area contributed by atoms with Crippen molar-refractivity contribution in [3.8, 4) is 5.75 Å². The lowest BCUT2D eigenvalue weighted by Crippen LogP contribution is -2.17. The lowest BCUT2D eigenvalue weighted by molar-refractivity contribution is 0.339. The third kappa shape index (κ3) is 1.46. The highest BCUT2D eigenvalue weighted by Crippen LogP contribution is 2.51. The van der Waals surface area contributed by atoms with Gasteiger partial charge in [0.05, 0.1) is 6.61 Å². The van der Waals surface area contributed by atoms with E-state index in [4.69, 9.17) is 4.74 Å². The number of ether oxygens (including phenoxy) is 1. The van der Waals surface area contributed by atoms with E-state index < -0.39 is 0 Å². The average molecular weight is 214 g/mol. The molecule has 0 amide bonds. The Morgan fingerprint density at radius 3 is 3.00 bits per heavy atom. The van der Waals surface area contributed by atoms with Crippen LogP contribution in [0.4, 0.5) is 0 Å². The van der Waals surface area contributed by atoms with Crippen LogP contribution in [-0.4, -0.2) is 6.61 Å². The Morgan fingerprint density at radius 1 is 1.44 bits per heavy atom. The zero-order valence-electron chi connectivity index (χ0n) is 9.78. The maximum absolute atomic E-state index is 5.59. The molecule has 0 heterocycles. The molecule has 0 radical (unpaired) electrons. The van der Waals surface area contributed by atoms with Gasteiger partial charge in [-0.2, -0.15) is 0 Å². The van der Waals surface area contributed by atoms with E-state index in [-0.39, 0.29) is 0 Å². The van der Waals surface area contributed by atoms with Gasteiger partial charge < -0.3 is 4.74 Å². The van der Waals surface area contributed by atoms with Crippen LogP contribution in [0.2, 0.25) is 0 Å². The first-order chi connectivity index (χ1) is 7.82. The topological polar surface area (TPSA) is 9.23 Å². The molecule has 1 saturated carbocycles. The maximum atomic E-state index is 5.59. The summed E-state index contributed by atoms with van der Waals surface area (Å²) in [6.45, 7) is 2.78. The van der Waals surface area contributed by atoms with E-state index in [0.29, 0.717) is 5.41 Å². The summed E-state index contributed by atoms with van der Waals surface area (Å²) in [5.74, 6) is 1.84. The minimum Gasteiger partial charge on any atom is -0.494 e. The van der Waals surface area contributed by atoms with E-state index in [1.807, 2.05) is 6.92 Å². The minimum atomic E-state index is 0.331. The molecule has 2 aliphatic carbocycles. The molecule has 2 bridgehead atoms. The van der Waals surface area contributed by atoms with Crippen LogP contribution in [0.15, 0.2) is 36.4 Å². The predicted molar refractivity (Wildman–Crippen MR) is 65.8 cm³/mol. The Morgan fingerprint density at radius 2 is 2.38 bits per heavy atom. The van der Waals surface area contributed by atoms with Crippen molar-refractivity contribution in [2.75, 3.05) is 6.61 Å². The summed E-state index contributed by atoms with van der Waals surface area (Å²) in [7, 11) is 0. The first-order valence-electron chi connectivity index (χ1n) is 6.25. The fourth-order valence-electron chi connectivity index (χ4n) is 3.17. The molecule has 1 fully saturated rings. The van der Waals surface area contributed by atoms with Gasteiger partial charge in [-0.1, -0.05) is 24.3 Å². The Kier molecular flexibility index (Phi) is 2.27. The lowest BCUT2D eigenvalue weighted by atomic mass is 9.80. The molecule has 84 valence electrons. The molecule has 1 nitrogen and oxygen atoms in total. The van der Waals surface area contributed by atoms with Gasteiger partial charge in [0.1, 0.15) is 5.75 Å². The molecule has 0 aromatic heterocycles. The van der Waals surface area contributed by atoms with Crippen molar-refractivity contribution in [2.24, 2.45) is 5.92 Å². The van der Waals surface area contributed by atoms with Crippen molar-refractivity contribution >= 4 is 0 Å². The van der Waals surface area contributed by atoms with Crippen molar-refractivity contribution in [1.82, 2.24) is 0 Å². The molecule has 2 unspecified atom stereocenters. The van der Waals surface area contributed by atoms with Gasteiger partial charge in [-0.15, -0.1) is 0 Å². The van der Waals surface area contributed by atoms with Gasteiger partial charge in [0.15, 0.2) is 0 Å². The van der Waals surface area contributed by atoms with Crippen molar-refractivity contribution in [3.05, 3.63) is 42.0 Å². The average Bonchev–Trinajstić information content (AvgIpc) is 2.91. The van der Waals surface area contributed by atoms with E-state index in [2.05, 4.69) is 36.4 Å². The highest BCUT2D eigenvalue weighted by Gasteiger charge is 2.41. The van der Waals surface area contributed by atoms with Crippen molar-refractivity contribution in [3.63, 3.8) is 0 Å². The Hall–Kier alpha value is -1.24. The van der Waals surface area contributed by atoms with E-state index in [0.717, 1.165) is 18.3 Å². The third-order valence-electron chi connectivity index (χ3n) is 4.00. The smallest absolute Gasteiger partial charge is 0.119 e. The van der Waals surface area contributed by atoms with Gasteiger partial charge >= 0.3 is 0 Å². The molecule has 1 aromatic carbocycles. The van der Waals surface area contributed by atoms with E-state index in [1.165, 1.54) is 24.8 Å². The molecule has 0 aliphatic heterocycles. The number of benzene rings is 1. The molecule has 1 heteroatoms. The first kappa shape index (κ1) is 9.95. The molecule has 2 aliphatic rings. The van der Waals surface area contributed by atoms with Gasteiger partial charge in [-0.25, -0.2) is 0 Å². The molecule has 0 saturated heterocycles. The number of fused-ring (bicyclic) bond motifs is 2. The van der Waals surface area contributed by atoms with Crippen LogP contribution in [0.1, 0.15) is 31.7 Å². The van der Waals surface area contributed by atoms with Crippen LogP contribution in [-0.2, 0) is 5.41 Å². The van der Waals surface area contributed by atoms with Crippen molar-refractivity contribution in [1.29, 1.82) is 0 Å². The standard InChI is InChI=1S/C15H18O/c1-2-16-14-5-3-4-13(10-14)15-8-6-12(11-15)7-9-15/h3-6,8,10,12H,2,7,9,11H2,1H3. The highest BCUT2D eigenvalue weighted by atomic mass is 16.5. The van der Waals surface area contributed by atoms with Crippen molar-refractivity contribution in [2.45, 2.75) is 31.6 Å². The van der Waals surface area contributed by atoms with Crippen molar-refractivity contribution < 1.29 is 4.74 Å². The maximum Gasteiger partial charge on any atom is 0.119 e. The minimum absolute atomic E-state index is 0.331. The predicted octanol–water partition coefficient (Wildman–Crippen LogP) is 3.69. The summed E-state index contributed by atoms with van der Waals surface area (Å²) in [6.07, 6.45) is 8.80. The molecule has 16 heavy (non-hydrogen) atoms. The quantitative estimate of drug-likeness (QED) is 0.697. The van der Waals surface area contributed by atoms with Gasteiger partial charge in [0.2, 0.25) is 0 Å². The zero-order chi connectivity index (χ0) is 11.0. The Bertz CT molecular complexity index is 421. The molecule has 0 spiro atoms. The second-order valence-electron chi connectivity index (χ2n) is 4.98. The molecular formula is C15H18O. The first-order valence-corrected chi connectivity index (χ1v) is 6.25. The molecule has 0 N–H and O–H groups in total. The largest absolute Gasteiger partial charge is 0.494 e. The van der Waals surface area contributed by atoms with Gasteiger partial charge in [0, 0.05) is 5.41 Å². The molecular weight excluding hydrogens is 196 g/mol. The van der Waals surface area contributed by atoms with Gasteiger partial charge in [-0.3, -0.25) is 0 Å². The summed E-state index contributed by atoms with van der Waals surface area (Å²) in [6, 6.07) is 8.64. The van der Waals surface area contributed by atoms with Crippen LogP contribution < -0.4 is 4.74 Å². The summed E-state index contributed by atoms with van der Waals surface area (Å²) >= 11 is 0. The lowest BCUT2D eigenvalue weighted by Gasteiger charge is -2.24. The Labute approximate surface area is 97.1 Å². The fraction of sp³-hybridized carbons (Fsp3) is 0.467. The van der Waals surface area contributed by atoms with Crippen LogP contribution >= 0.6 is 0 Å². The normalized spacial score (nSPS) is 30.9. The molecule has 3 rings (SSSR count).